The smallest absolute Gasteiger partial charge is 0.271 e. The third-order valence-electron chi connectivity index (χ3n) is 3.44. The molecule has 1 amide bonds. The first kappa shape index (κ1) is 21.9. The number of ether oxygens (including phenoxy) is 2. The van der Waals surface area contributed by atoms with E-state index in [4.69, 9.17) is 9.47 Å². The molecule has 0 fully saturated rings. The van der Waals surface area contributed by atoms with E-state index < -0.39 is 0 Å². The molecule has 1 N–H and O–H groups in total. The first-order valence-corrected chi connectivity index (χ1v) is 10.9. The molecular weight excluding hydrogens is 570 g/mol. The van der Waals surface area contributed by atoms with Crippen molar-refractivity contribution >= 4 is 57.3 Å². The lowest BCUT2D eigenvalue weighted by molar-refractivity contribution is 0.0955. The van der Waals surface area contributed by atoms with Crippen molar-refractivity contribution in [3.8, 4) is 11.5 Å². The van der Waals surface area contributed by atoms with Gasteiger partial charge in [0, 0.05) is 5.56 Å². The number of hydrazone groups is 1. The summed E-state index contributed by atoms with van der Waals surface area (Å²) in [6, 6.07) is 11.0. The number of amides is 1. The summed E-state index contributed by atoms with van der Waals surface area (Å²) in [6.45, 7) is 5.48. The van der Waals surface area contributed by atoms with Crippen LogP contribution in [0.25, 0.3) is 0 Å². The number of rotatable bonds is 9. The Morgan fingerprint density at radius 2 is 1.63 bits per heavy atom. The fourth-order valence-corrected chi connectivity index (χ4v) is 4.28. The van der Waals surface area contributed by atoms with Gasteiger partial charge >= 0.3 is 0 Å². The zero-order valence-electron chi connectivity index (χ0n) is 15.3. The molecule has 5 nitrogen and oxygen atoms in total. The summed E-state index contributed by atoms with van der Waals surface area (Å²) < 4.78 is 13.3. The predicted molar refractivity (Wildman–Crippen MR) is 125 cm³/mol. The van der Waals surface area contributed by atoms with Crippen molar-refractivity contribution in [2.75, 3.05) is 13.2 Å². The van der Waals surface area contributed by atoms with E-state index in [0.717, 1.165) is 37.0 Å². The van der Waals surface area contributed by atoms with E-state index in [-0.39, 0.29) is 5.91 Å². The van der Waals surface area contributed by atoms with E-state index in [1.54, 1.807) is 30.5 Å². The Morgan fingerprint density at radius 1 is 1.04 bits per heavy atom. The monoisotopic (exact) mass is 592 g/mol. The first-order chi connectivity index (χ1) is 13.0. The Balaban J connectivity index is 1.97. The van der Waals surface area contributed by atoms with Crippen LogP contribution >= 0.6 is 45.2 Å². The van der Waals surface area contributed by atoms with Gasteiger partial charge in [-0.05, 0) is 100.0 Å². The summed E-state index contributed by atoms with van der Waals surface area (Å²) in [6.07, 6.45) is 3.54. The van der Waals surface area contributed by atoms with Crippen LogP contribution in [0.1, 0.15) is 42.6 Å². The average Bonchev–Trinajstić information content (AvgIpc) is 2.66. The fraction of sp³-hybridized carbons (Fsp3) is 0.300. The zero-order chi connectivity index (χ0) is 19.6. The Kier molecular flexibility index (Phi) is 9.32. The molecule has 2 rings (SSSR count). The average molecular weight is 592 g/mol. The van der Waals surface area contributed by atoms with E-state index in [1.165, 1.54) is 0 Å². The molecular formula is C20H22I2N2O3. The molecule has 2 aromatic carbocycles. The molecule has 0 unspecified atom stereocenters. The number of hydrogen-bond donors (Lipinski definition) is 1. The molecule has 7 heteroatoms. The van der Waals surface area contributed by atoms with Crippen LogP contribution in [0.15, 0.2) is 41.5 Å². The number of carbonyl (C=O) groups excluding carboxylic acids is 1. The summed E-state index contributed by atoms with van der Waals surface area (Å²) >= 11 is 4.50. The molecule has 0 atom stereocenters. The van der Waals surface area contributed by atoms with Crippen LogP contribution in [0.5, 0.6) is 11.5 Å². The summed E-state index contributed by atoms with van der Waals surface area (Å²) in [7, 11) is 0. The third-order valence-corrected chi connectivity index (χ3v) is 5.04. The fourth-order valence-electron chi connectivity index (χ4n) is 2.15. The zero-order valence-corrected chi connectivity index (χ0v) is 19.6. The Morgan fingerprint density at radius 3 is 2.22 bits per heavy atom. The van der Waals surface area contributed by atoms with Gasteiger partial charge in [0.25, 0.3) is 5.91 Å². The molecule has 27 heavy (non-hydrogen) atoms. The topological polar surface area (TPSA) is 59.9 Å². The molecule has 0 saturated carbocycles. The van der Waals surface area contributed by atoms with Crippen LogP contribution in [-0.4, -0.2) is 25.3 Å². The highest BCUT2D eigenvalue weighted by atomic mass is 127. The van der Waals surface area contributed by atoms with Crippen molar-refractivity contribution in [3.05, 3.63) is 54.7 Å². The van der Waals surface area contributed by atoms with Crippen molar-refractivity contribution in [2.24, 2.45) is 5.10 Å². The number of carbonyl (C=O) groups is 1. The molecule has 0 radical (unpaired) electrons. The lowest BCUT2D eigenvalue weighted by Crippen LogP contribution is -2.17. The van der Waals surface area contributed by atoms with Crippen LogP contribution in [-0.2, 0) is 0 Å². The minimum absolute atomic E-state index is 0.263. The summed E-state index contributed by atoms with van der Waals surface area (Å²) in [4.78, 5) is 12.2. The molecule has 0 aliphatic rings. The van der Waals surface area contributed by atoms with Crippen LogP contribution in [0.3, 0.4) is 0 Å². The molecule has 2 aromatic rings. The third kappa shape index (κ3) is 6.95. The maximum atomic E-state index is 12.2. The molecule has 0 spiro atoms. The van der Waals surface area contributed by atoms with Gasteiger partial charge in [0.1, 0.15) is 11.5 Å². The number of halogens is 2. The number of nitrogens with one attached hydrogen (secondary N) is 1. The number of benzene rings is 2. The van der Waals surface area contributed by atoms with Crippen LogP contribution in [0, 0.1) is 7.14 Å². The van der Waals surface area contributed by atoms with Crippen molar-refractivity contribution in [3.63, 3.8) is 0 Å². The Hall–Kier alpha value is -1.36. The first-order valence-electron chi connectivity index (χ1n) is 8.73. The quantitative estimate of drug-likeness (QED) is 0.247. The highest BCUT2D eigenvalue weighted by molar-refractivity contribution is 14.1. The molecule has 0 aliphatic carbocycles. The highest BCUT2D eigenvalue weighted by Gasteiger charge is 2.08. The molecule has 0 bridgehead atoms. The van der Waals surface area contributed by atoms with Gasteiger partial charge in [-0.25, -0.2) is 5.43 Å². The second-order valence-electron chi connectivity index (χ2n) is 5.73. The molecule has 144 valence electrons. The van der Waals surface area contributed by atoms with E-state index in [9.17, 15) is 4.79 Å². The van der Waals surface area contributed by atoms with E-state index in [0.29, 0.717) is 18.8 Å². The maximum Gasteiger partial charge on any atom is 0.271 e. The van der Waals surface area contributed by atoms with Gasteiger partial charge in [-0.1, -0.05) is 13.8 Å². The summed E-state index contributed by atoms with van der Waals surface area (Å²) in [5.41, 5.74) is 3.98. The normalized spacial score (nSPS) is 10.8. The van der Waals surface area contributed by atoms with Gasteiger partial charge < -0.3 is 9.47 Å². The van der Waals surface area contributed by atoms with Gasteiger partial charge in [0.2, 0.25) is 0 Å². The van der Waals surface area contributed by atoms with Crippen LogP contribution < -0.4 is 14.9 Å². The minimum atomic E-state index is -0.263. The highest BCUT2D eigenvalue weighted by Crippen LogP contribution is 2.28. The standard InChI is InChI=1S/C20H22I2N2O3/c1-3-9-26-16-7-5-15(6-8-16)20(25)24-23-13-14-11-17(21)19(18(22)12-14)27-10-4-2/h5-8,11-13H,3-4,9-10H2,1-2H3,(H,24,25)/b23-13-. The largest absolute Gasteiger partial charge is 0.494 e. The molecule has 0 saturated heterocycles. The lowest BCUT2D eigenvalue weighted by atomic mass is 10.2. The van der Waals surface area contributed by atoms with E-state index in [2.05, 4.69) is 62.6 Å². The van der Waals surface area contributed by atoms with Crippen molar-refractivity contribution in [1.29, 1.82) is 0 Å². The van der Waals surface area contributed by atoms with Crippen LogP contribution in [0.2, 0.25) is 0 Å². The second-order valence-corrected chi connectivity index (χ2v) is 8.06. The van der Waals surface area contributed by atoms with Gasteiger partial charge in [-0.3, -0.25) is 4.79 Å². The minimum Gasteiger partial charge on any atom is -0.494 e. The van der Waals surface area contributed by atoms with Crippen LogP contribution in [0.4, 0.5) is 0 Å². The maximum absolute atomic E-state index is 12.2. The van der Waals surface area contributed by atoms with Crippen molar-refractivity contribution in [1.82, 2.24) is 5.43 Å². The summed E-state index contributed by atoms with van der Waals surface area (Å²) in [5, 5.41) is 4.06. The van der Waals surface area contributed by atoms with Gasteiger partial charge in [-0.15, -0.1) is 0 Å². The van der Waals surface area contributed by atoms with Gasteiger partial charge in [0.15, 0.2) is 0 Å². The Labute approximate surface area is 187 Å². The number of hydrogen-bond acceptors (Lipinski definition) is 4. The molecule has 0 heterocycles. The lowest BCUT2D eigenvalue weighted by Gasteiger charge is -2.10. The SMILES string of the molecule is CCCOc1ccc(C(=O)N/N=C\c2cc(I)c(OCCC)c(I)c2)cc1. The van der Waals surface area contributed by atoms with Gasteiger partial charge in [-0.2, -0.15) is 5.10 Å². The van der Waals surface area contributed by atoms with Crippen molar-refractivity contribution in [2.45, 2.75) is 26.7 Å². The second kappa shape index (κ2) is 11.5. The number of nitrogens with zero attached hydrogens (tertiary/aromatic N) is 1. The van der Waals surface area contributed by atoms with E-state index in [1.807, 2.05) is 19.1 Å². The molecule has 0 aliphatic heterocycles. The van der Waals surface area contributed by atoms with E-state index >= 15 is 0 Å². The molecule has 0 aromatic heterocycles. The van der Waals surface area contributed by atoms with Crippen molar-refractivity contribution < 1.29 is 14.3 Å². The Bertz CT molecular complexity index is 769. The predicted octanol–water partition coefficient (Wildman–Crippen LogP) is 5.24. The van der Waals surface area contributed by atoms with Gasteiger partial charge in [0.05, 0.1) is 26.6 Å². The summed E-state index contributed by atoms with van der Waals surface area (Å²) in [5.74, 6) is 1.39.